The zero-order chi connectivity index (χ0) is 18.4. The topological polar surface area (TPSA) is 84.5 Å². The van der Waals surface area contributed by atoms with E-state index in [0.29, 0.717) is 17.9 Å². The Morgan fingerprint density at radius 2 is 1.96 bits per heavy atom. The van der Waals surface area contributed by atoms with E-state index in [1.807, 2.05) is 0 Å². The van der Waals surface area contributed by atoms with Crippen molar-refractivity contribution in [1.82, 2.24) is 10.6 Å². The Labute approximate surface area is 146 Å². The number of hydrogen-bond acceptors (Lipinski definition) is 4. The fourth-order valence-corrected chi connectivity index (χ4v) is 2.67. The van der Waals surface area contributed by atoms with Gasteiger partial charge in [0, 0.05) is 13.3 Å². The molecule has 2 N–H and O–H groups in total. The van der Waals surface area contributed by atoms with Crippen LogP contribution in [0.15, 0.2) is 24.3 Å². The molecule has 25 heavy (non-hydrogen) atoms. The summed E-state index contributed by atoms with van der Waals surface area (Å²) in [7, 11) is 1.27. The van der Waals surface area contributed by atoms with Crippen LogP contribution in [0.3, 0.4) is 0 Å². The number of amides is 2. The Morgan fingerprint density at radius 3 is 2.52 bits per heavy atom. The van der Waals surface area contributed by atoms with E-state index in [-0.39, 0.29) is 12.3 Å². The second-order valence-electron chi connectivity index (χ2n) is 6.35. The monoisotopic (exact) mass is 350 g/mol. The molecule has 0 aromatic heterocycles. The number of carbonyl (C=O) groups excluding carboxylic acids is 3. The zero-order valence-corrected chi connectivity index (χ0v) is 14.4. The number of rotatable bonds is 8. The predicted octanol–water partition coefficient (Wildman–Crippen LogP) is 1.33. The summed E-state index contributed by atoms with van der Waals surface area (Å²) in [5, 5.41) is 5.21. The number of nitrogens with one attached hydrogen (secondary N) is 2. The largest absolute Gasteiger partial charge is 0.467 e. The van der Waals surface area contributed by atoms with Crippen molar-refractivity contribution < 1.29 is 23.5 Å². The van der Waals surface area contributed by atoms with Crippen LogP contribution >= 0.6 is 0 Å². The van der Waals surface area contributed by atoms with E-state index in [1.165, 1.54) is 32.2 Å². The summed E-state index contributed by atoms with van der Waals surface area (Å²) in [5.41, 5.74) is 0.575. The second kappa shape index (κ2) is 8.60. The van der Waals surface area contributed by atoms with Gasteiger partial charge >= 0.3 is 5.97 Å². The molecule has 0 unspecified atom stereocenters. The van der Waals surface area contributed by atoms with Crippen molar-refractivity contribution >= 4 is 17.8 Å². The highest BCUT2D eigenvalue weighted by Crippen LogP contribution is 2.33. The molecule has 1 aliphatic rings. The van der Waals surface area contributed by atoms with Crippen LogP contribution in [0.2, 0.25) is 0 Å². The van der Waals surface area contributed by atoms with Crippen molar-refractivity contribution in [3.8, 4) is 0 Å². The van der Waals surface area contributed by atoms with Gasteiger partial charge in [-0.3, -0.25) is 9.59 Å². The molecule has 1 saturated carbocycles. The van der Waals surface area contributed by atoms with Crippen molar-refractivity contribution in [2.45, 2.75) is 44.7 Å². The van der Waals surface area contributed by atoms with Gasteiger partial charge in [-0.25, -0.2) is 9.18 Å². The minimum absolute atomic E-state index is 0.125. The minimum atomic E-state index is -0.898. The summed E-state index contributed by atoms with van der Waals surface area (Å²) in [6.45, 7) is 1.30. The maximum Gasteiger partial charge on any atom is 0.328 e. The molecule has 1 fully saturated rings. The number of hydrogen-bond donors (Lipinski definition) is 2. The second-order valence-corrected chi connectivity index (χ2v) is 6.35. The smallest absolute Gasteiger partial charge is 0.328 e. The van der Waals surface area contributed by atoms with E-state index in [9.17, 15) is 18.8 Å². The van der Waals surface area contributed by atoms with Gasteiger partial charge in [0.25, 0.3) is 0 Å². The van der Waals surface area contributed by atoms with E-state index in [0.717, 1.165) is 12.8 Å². The number of esters is 1. The molecule has 1 aromatic rings. The van der Waals surface area contributed by atoms with E-state index < -0.39 is 29.8 Å². The van der Waals surface area contributed by atoms with Crippen LogP contribution in [0.5, 0.6) is 0 Å². The van der Waals surface area contributed by atoms with Crippen LogP contribution in [0.1, 0.15) is 31.7 Å². The first-order chi connectivity index (χ1) is 11.9. The molecule has 7 heteroatoms. The molecule has 0 saturated heterocycles. The number of halogens is 1. The van der Waals surface area contributed by atoms with Gasteiger partial charge in [-0.15, -0.1) is 0 Å². The van der Waals surface area contributed by atoms with Crippen LogP contribution < -0.4 is 10.6 Å². The third kappa shape index (κ3) is 6.17. The first-order valence-corrected chi connectivity index (χ1v) is 8.28. The molecule has 1 aliphatic carbocycles. The molecule has 6 nitrogen and oxygen atoms in total. The lowest BCUT2D eigenvalue weighted by atomic mass is 10.0. The normalized spacial score (nSPS) is 15.8. The van der Waals surface area contributed by atoms with Gasteiger partial charge in [0.05, 0.1) is 7.11 Å². The lowest BCUT2D eigenvalue weighted by molar-refractivity contribution is -0.145. The van der Waals surface area contributed by atoms with Gasteiger partial charge in [0.2, 0.25) is 11.8 Å². The first-order valence-electron chi connectivity index (χ1n) is 8.28. The molecule has 0 spiro atoms. The average molecular weight is 350 g/mol. The first kappa shape index (κ1) is 18.9. The van der Waals surface area contributed by atoms with Gasteiger partial charge < -0.3 is 15.4 Å². The van der Waals surface area contributed by atoms with Crippen LogP contribution in [0.25, 0.3) is 0 Å². The number of methoxy groups -OCH3 is 1. The molecule has 2 rings (SSSR count). The molecule has 1 aromatic carbocycles. The molecule has 136 valence electrons. The molecular weight excluding hydrogens is 327 g/mol. The predicted molar refractivity (Wildman–Crippen MR) is 89.0 cm³/mol. The van der Waals surface area contributed by atoms with Crippen molar-refractivity contribution in [2.24, 2.45) is 5.92 Å². The van der Waals surface area contributed by atoms with Crippen molar-refractivity contribution in [3.63, 3.8) is 0 Å². The van der Waals surface area contributed by atoms with E-state index >= 15 is 0 Å². The Balaban J connectivity index is 2.07. The molecular formula is C18H23FN2O4. The minimum Gasteiger partial charge on any atom is -0.467 e. The third-order valence-electron chi connectivity index (χ3n) is 4.09. The standard InChI is InChI=1S/C18H23FN2O4/c1-11(22)20-15(10-13-4-3-5-14(19)8-13)17(23)21-16(18(24)25-2)9-12-6-7-12/h3-5,8,12,15-16H,6-7,9-10H2,1-2H3,(H,20,22)(H,21,23)/t15-,16-/m0/s1. The summed E-state index contributed by atoms with van der Waals surface area (Å²) < 4.78 is 18.1. The molecule has 0 bridgehead atoms. The summed E-state index contributed by atoms with van der Waals surface area (Å²) in [6.07, 6.45) is 2.70. The Morgan fingerprint density at radius 1 is 1.24 bits per heavy atom. The third-order valence-corrected chi connectivity index (χ3v) is 4.09. The zero-order valence-electron chi connectivity index (χ0n) is 14.4. The van der Waals surface area contributed by atoms with Crippen LogP contribution in [0, 0.1) is 11.7 Å². The Hall–Kier alpha value is -2.44. The summed E-state index contributed by atoms with van der Waals surface area (Å²) >= 11 is 0. The highest BCUT2D eigenvalue weighted by Gasteiger charge is 2.32. The quantitative estimate of drug-likeness (QED) is 0.693. The highest BCUT2D eigenvalue weighted by atomic mass is 19.1. The maximum atomic E-state index is 13.3. The number of carbonyl (C=O) groups is 3. The molecule has 0 radical (unpaired) electrons. The lowest BCUT2D eigenvalue weighted by Crippen LogP contribution is -2.52. The molecule has 0 heterocycles. The summed E-state index contributed by atoms with van der Waals surface area (Å²) in [6, 6.07) is 4.19. The molecule has 2 atom stereocenters. The maximum absolute atomic E-state index is 13.3. The number of benzene rings is 1. The fraction of sp³-hybridized carbons (Fsp3) is 0.500. The van der Waals surface area contributed by atoms with Crippen molar-refractivity contribution in [3.05, 3.63) is 35.6 Å². The SMILES string of the molecule is COC(=O)[C@H](CC1CC1)NC(=O)[C@H](Cc1cccc(F)c1)NC(C)=O. The van der Waals surface area contributed by atoms with E-state index in [1.54, 1.807) is 6.07 Å². The molecule has 0 aliphatic heterocycles. The summed E-state index contributed by atoms with van der Waals surface area (Å²) in [4.78, 5) is 35.9. The molecule has 2 amide bonds. The van der Waals surface area contributed by atoms with Crippen LogP contribution in [-0.4, -0.2) is 37.0 Å². The van der Waals surface area contributed by atoms with E-state index in [4.69, 9.17) is 4.74 Å². The highest BCUT2D eigenvalue weighted by molar-refractivity contribution is 5.90. The summed E-state index contributed by atoms with van der Waals surface area (Å²) in [5.74, 6) is -1.39. The lowest BCUT2D eigenvalue weighted by Gasteiger charge is -2.22. The van der Waals surface area contributed by atoms with E-state index in [2.05, 4.69) is 10.6 Å². The van der Waals surface area contributed by atoms with Crippen molar-refractivity contribution in [2.75, 3.05) is 7.11 Å². The van der Waals surface area contributed by atoms with Gasteiger partial charge in [0.1, 0.15) is 17.9 Å². The van der Waals surface area contributed by atoms with Gasteiger partial charge in [-0.1, -0.05) is 25.0 Å². The average Bonchev–Trinajstić information content (AvgIpc) is 3.36. The van der Waals surface area contributed by atoms with Gasteiger partial charge in [-0.05, 0) is 30.0 Å². The van der Waals surface area contributed by atoms with Gasteiger partial charge in [0.15, 0.2) is 0 Å². The Kier molecular flexibility index (Phi) is 6.50. The van der Waals surface area contributed by atoms with Gasteiger partial charge in [-0.2, -0.15) is 0 Å². The fourth-order valence-electron chi connectivity index (χ4n) is 2.67. The van der Waals surface area contributed by atoms with Crippen molar-refractivity contribution in [1.29, 1.82) is 0 Å². The van der Waals surface area contributed by atoms with Crippen LogP contribution in [0.4, 0.5) is 4.39 Å². The van der Waals surface area contributed by atoms with Crippen LogP contribution in [-0.2, 0) is 25.5 Å². The number of ether oxygens (including phenoxy) is 1. The Bertz CT molecular complexity index is 646.